The van der Waals surface area contributed by atoms with Gasteiger partial charge in [0.05, 0.1) is 13.0 Å². The number of aliphatic imine (C=N–C) groups is 1. The summed E-state index contributed by atoms with van der Waals surface area (Å²) >= 11 is 0. The molecule has 6 nitrogen and oxygen atoms in total. The first-order valence-electron chi connectivity index (χ1n) is 8.22. The summed E-state index contributed by atoms with van der Waals surface area (Å²) in [6.07, 6.45) is 0. The van der Waals surface area contributed by atoms with E-state index >= 15 is 0 Å². The Kier molecular flexibility index (Phi) is 10.8. The van der Waals surface area contributed by atoms with Crippen LogP contribution in [0.3, 0.4) is 0 Å². The number of carbonyl (C=O) groups excluding carboxylic acids is 1. The normalized spacial score (nSPS) is 21.6. The van der Waals surface area contributed by atoms with Gasteiger partial charge < -0.3 is 15.0 Å². The number of esters is 1. The van der Waals surface area contributed by atoms with Crippen molar-refractivity contribution in [2.75, 3.05) is 46.9 Å². The molecule has 1 aliphatic heterocycles. The first-order chi connectivity index (χ1) is 10.4. The van der Waals surface area contributed by atoms with E-state index in [2.05, 4.69) is 47.8 Å². The number of halogens is 1. The Bertz CT molecular complexity index is 390. The molecule has 0 spiro atoms. The number of carbonyl (C=O) groups is 1. The molecule has 0 amide bonds. The van der Waals surface area contributed by atoms with Crippen LogP contribution in [-0.2, 0) is 9.53 Å². The minimum atomic E-state index is -0.123. The Morgan fingerprint density at radius 1 is 1.43 bits per heavy atom. The van der Waals surface area contributed by atoms with E-state index in [1.54, 1.807) is 7.05 Å². The highest BCUT2D eigenvalue weighted by Gasteiger charge is 2.36. The standard InChI is InChI=1S/C16H32N4O2.HI/c1-7-19(12(2)3)9-8-18-16(17-5)20-10-13(4)14(11-20)15(21)22-6;/h12-14H,7-11H2,1-6H3,(H,17,18);1H. The van der Waals surface area contributed by atoms with Gasteiger partial charge >= 0.3 is 5.97 Å². The van der Waals surface area contributed by atoms with Gasteiger partial charge in [0.25, 0.3) is 0 Å². The highest BCUT2D eigenvalue weighted by Crippen LogP contribution is 2.23. The number of rotatable bonds is 6. The van der Waals surface area contributed by atoms with Crippen molar-refractivity contribution in [2.45, 2.75) is 33.7 Å². The van der Waals surface area contributed by atoms with Gasteiger partial charge in [0.15, 0.2) is 5.96 Å². The van der Waals surface area contributed by atoms with E-state index in [0.717, 1.165) is 32.1 Å². The molecule has 136 valence electrons. The summed E-state index contributed by atoms with van der Waals surface area (Å²) in [6, 6.07) is 0.546. The van der Waals surface area contributed by atoms with E-state index in [4.69, 9.17) is 4.74 Å². The molecule has 0 aromatic heterocycles. The van der Waals surface area contributed by atoms with E-state index < -0.39 is 0 Å². The maximum absolute atomic E-state index is 11.8. The van der Waals surface area contributed by atoms with Crippen LogP contribution in [0.15, 0.2) is 4.99 Å². The van der Waals surface area contributed by atoms with Gasteiger partial charge in [0, 0.05) is 39.3 Å². The van der Waals surface area contributed by atoms with Crippen molar-refractivity contribution in [3.05, 3.63) is 0 Å². The van der Waals surface area contributed by atoms with Crippen LogP contribution in [-0.4, -0.2) is 74.7 Å². The summed E-state index contributed by atoms with van der Waals surface area (Å²) in [4.78, 5) is 20.7. The number of nitrogens with one attached hydrogen (secondary N) is 1. The van der Waals surface area contributed by atoms with Crippen LogP contribution in [0.2, 0.25) is 0 Å². The zero-order valence-electron chi connectivity index (χ0n) is 15.3. The SMILES string of the molecule is CCN(CCNC(=NC)N1CC(C)C(C(=O)OC)C1)C(C)C.I. The van der Waals surface area contributed by atoms with Gasteiger partial charge in [-0.2, -0.15) is 0 Å². The van der Waals surface area contributed by atoms with Crippen molar-refractivity contribution in [3.63, 3.8) is 0 Å². The minimum absolute atomic E-state index is 0. The summed E-state index contributed by atoms with van der Waals surface area (Å²) in [5, 5.41) is 3.41. The maximum atomic E-state index is 11.8. The average Bonchev–Trinajstić information content (AvgIpc) is 2.88. The van der Waals surface area contributed by atoms with Crippen LogP contribution < -0.4 is 5.32 Å². The van der Waals surface area contributed by atoms with Crippen molar-refractivity contribution in [1.82, 2.24) is 15.1 Å². The molecule has 23 heavy (non-hydrogen) atoms. The smallest absolute Gasteiger partial charge is 0.310 e. The van der Waals surface area contributed by atoms with Gasteiger partial charge in [-0.1, -0.05) is 13.8 Å². The van der Waals surface area contributed by atoms with E-state index in [1.165, 1.54) is 7.11 Å². The quantitative estimate of drug-likeness (QED) is 0.295. The molecule has 7 heteroatoms. The molecule has 0 aromatic rings. The van der Waals surface area contributed by atoms with Crippen LogP contribution in [0.5, 0.6) is 0 Å². The molecule has 1 fully saturated rings. The van der Waals surface area contributed by atoms with Crippen LogP contribution in [0.1, 0.15) is 27.7 Å². The molecule has 0 saturated carbocycles. The molecular formula is C16H33IN4O2. The maximum Gasteiger partial charge on any atom is 0.310 e. The molecule has 0 bridgehead atoms. The molecule has 1 heterocycles. The molecular weight excluding hydrogens is 407 g/mol. The third kappa shape index (κ3) is 6.45. The number of likely N-dealkylation sites (N-methyl/N-ethyl adjacent to an activating group) is 1. The number of hydrogen-bond donors (Lipinski definition) is 1. The zero-order chi connectivity index (χ0) is 16.7. The van der Waals surface area contributed by atoms with Crippen LogP contribution in [0.25, 0.3) is 0 Å². The Morgan fingerprint density at radius 2 is 2.09 bits per heavy atom. The fourth-order valence-electron chi connectivity index (χ4n) is 3.02. The van der Waals surface area contributed by atoms with Crippen molar-refractivity contribution < 1.29 is 9.53 Å². The third-order valence-corrected chi connectivity index (χ3v) is 4.45. The molecule has 2 unspecified atom stereocenters. The lowest BCUT2D eigenvalue weighted by Gasteiger charge is -2.27. The van der Waals surface area contributed by atoms with Crippen LogP contribution >= 0.6 is 24.0 Å². The van der Waals surface area contributed by atoms with Gasteiger partial charge in [0.2, 0.25) is 0 Å². The molecule has 0 aromatic carbocycles. The van der Waals surface area contributed by atoms with Crippen LogP contribution in [0.4, 0.5) is 0 Å². The monoisotopic (exact) mass is 440 g/mol. The van der Waals surface area contributed by atoms with E-state index in [9.17, 15) is 4.79 Å². The van der Waals surface area contributed by atoms with Gasteiger partial charge in [-0.3, -0.25) is 14.7 Å². The summed E-state index contributed by atoms with van der Waals surface area (Å²) in [5.74, 6) is 0.973. The number of hydrogen-bond acceptors (Lipinski definition) is 4. The lowest BCUT2D eigenvalue weighted by atomic mass is 9.99. The Hall–Kier alpha value is -0.570. The van der Waals surface area contributed by atoms with Crippen molar-refractivity contribution in [2.24, 2.45) is 16.8 Å². The molecule has 0 radical (unpaired) electrons. The summed E-state index contributed by atoms with van der Waals surface area (Å²) < 4.78 is 4.89. The fraction of sp³-hybridized carbons (Fsp3) is 0.875. The molecule has 1 saturated heterocycles. The molecule has 1 aliphatic rings. The third-order valence-electron chi connectivity index (χ3n) is 4.45. The van der Waals surface area contributed by atoms with Gasteiger partial charge in [-0.15, -0.1) is 24.0 Å². The zero-order valence-corrected chi connectivity index (χ0v) is 17.7. The second kappa shape index (κ2) is 11.1. The number of guanidine groups is 1. The first kappa shape index (κ1) is 22.4. The lowest BCUT2D eigenvalue weighted by molar-refractivity contribution is -0.145. The molecule has 2 atom stereocenters. The van der Waals surface area contributed by atoms with Gasteiger partial charge in [-0.05, 0) is 26.3 Å². The largest absolute Gasteiger partial charge is 0.469 e. The number of likely N-dealkylation sites (tertiary alicyclic amines) is 1. The van der Waals surface area contributed by atoms with Crippen molar-refractivity contribution in [3.8, 4) is 0 Å². The molecule has 1 rings (SSSR count). The highest BCUT2D eigenvalue weighted by molar-refractivity contribution is 14.0. The van der Waals surface area contributed by atoms with Crippen LogP contribution in [0, 0.1) is 11.8 Å². The van der Waals surface area contributed by atoms with Gasteiger partial charge in [-0.25, -0.2) is 0 Å². The first-order valence-corrected chi connectivity index (χ1v) is 8.22. The number of ether oxygens (including phenoxy) is 1. The Balaban J connectivity index is 0.00000484. The average molecular weight is 440 g/mol. The van der Waals surface area contributed by atoms with E-state index in [-0.39, 0.29) is 41.8 Å². The summed E-state index contributed by atoms with van der Waals surface area (Å²) in [5.41, 5.74) is 0. The minimum Gasteiger partial charge on any atom is -0.469 e. The van der Waals surface area contributed by atoms with Crippen molar-refractivity contribution in [1.29, 1.82) is 0 Å². The van der Waals surface area contributed by atoms with E-state index in [1.807, 2.05) is 0 Å². The second-order valence-corrected chi connectivity index (χ2v) is 6.21. The second-order valence-electron chi connectivity index (χ2n) is 6.21. The Morgan fingerprint density at radius 3 is 2.57 bits per heavy atom. The fourth-order valence-corrected chi connectivity index (χ4v) is 3.02. The Labute approximate surface area is 158 Å². The summed E-state index contributed by atoms with van der Waals surface area (Å²) in [6.45, 7) is 13.1. The van der Waals surface area contributed by atoms with Gasteiger partial charge in [0.1, 0.15) is 0 Å². The molecule has 1 N–H and O–H groups in total. The number of methoxy groups -OCH3 is 1. The predicted molar refractivity (Wildman–Crippen MR) is 105 cm³/mol. The van der Waals surface area contributed by atoms with E-state index in [0.29, 0.717) is 12.6 Å². The lowest BCUT2D eigenvalue weighted by Crippen LogP contribution is -2.44. The molecule has 0 aliphatic carbocycles. The van der Waals surface area contributed by atoms with Crippen molar-refractivity contribution >= 4 is 35.9 Å². The number of nitrogens with zero attached hydrogens (tertiary/aromatic N) is 3. The summed E-state index contributed by atoms with van der Waals surface area (Å²) in [7, 11) is 3.24. The highest BCUT2D eigenvalue weighted by atomic mass is 127. The predicted octanol–water partition coefficient (Wildman–Crippen LogP) is 1.65. The topological polar surface area (TPSA) is 57.2 Å².